The Bertz CT molecular complexity index is 390. The van der Waals surface area contributed by atoms with E-state index in [0.717, 1.165) is 6.07 Å². The molecule has 0 bridgehead atoms. The van der Waals surface area contributed by atoms with Gasteiger partial charge >= 0.3 is 11.6 Å². The first-order valence-electron chi connectivity index (χ1n) is 3.48. The molecule has 0 aliphatic rings. The lowest BCUT2D eigenvalue weighted by Crippen LogP contribution is -2.09. The van der Waals surface area contributed by atoms with Gasteiger partial charge < -0.3 is 14.3 Å². The molecule has 0 atom stereocenters. The largest absolute Gasteiger partial charge is 0.496 e. The summed E-state index contributed by atoms with van der Waals surface area (Å²) in [6.07, 6.45) is 0. The van der Waals surface area contributed by atoms with E-state index in [4.69, 9.17) is 9.84 Å². The van der Waals surface area contributed by atoms with Crippen molar-refractivity contribution < 1.29 is 19.1 Å². The summed E-state index contributed by atoms with van der Waals surface area (Å²) in [6.45, 7) is 1.51. The lowest BCUT2D eigenvalue weighted by molar-refractivity contribution is 0.0654. The number of methoxy groups -OCH3 is 1. The van der Waals surface area contributed by atoms with Gasteiger partial charge in [0.1, 0.15) is 5.75 Å². The highest BCUT2D eigenvalue weighted by Gasteiger charge is 2.15. The maximum Gasteiger partial charge on any atom is 0.372 e. The number of rotatable bonds is 2. The Morgan fingerprint density at radius 2 is 2.23 bits per heavy atom. The SMILES string of the molecule is COc1cc(=O)oc(C(=O)O)c1C. The molecular formula is C8H8O5. The van der Waals surface area contributed by atoms with Gasteiger partial charge in [-0.2, -0.15) is 0 Å². The van der Waals surface area contributed by atoms with Gasteiger partial charge in [0.25, 0.3) is 0 Å². The van der Waals surface area contributed by atoms with Gasteiger partial charge in [-0.15, -0.1) is 0 Å². The minimum Gasteiger partial charge on any atom is -0.496 e. The Kier molecular flexibility index (Phi) is 2.36. The molecule has 5 heteroatoms. The van der Waals surface area contributed by atoms with Gasteiger partial charge in [-0.05, 0) is 6.92 Å². The van der Waals surface area contributed by atoms with Gasteiger partial charge in [-0.3, -0.25) is 0 Å². The van der Waals surface area contributed by atoms with Gasteiger partial charge in [0, 0.05) is 5.56 Å². The highest BCUT2D eigenvalue weighted by Crippen LogP contribution is 2.18. The Labute approximate surface area is 73.6 Å². The molecule has 1 N–H and O–H groups in total. The van der Waals surface area contributed by atoms with E-state index in [9.17, 15) is 9.59 Å². The molecule has 0 saturated heterocycles. The van der Waals surface area contributed by atoms with Crippen LogP contribution in [-0.4, -0.2) is 18.2 Å². The summed E-state index contributed by atoms with van der Waals surface area (Å²) < 4.78 is 9.27. The molecule has 70 valence electrons. The fraction of sp³-hybridized carbons (Fsp3) is 0.250. The van der Waals surface area contributed by atoms with E-state index in [2.05, 4.69) is 4.42 Å². The highest BCUT2D eigenvalue weighted by atomic mass is 16.5. The number of carboxylic acid groups (broad SMARTS) is 1. The average molecular weight is 184 g/mol. The molecule has 1 rings (SSSR count). The van der Waals surface area contributed by atoms with Crippen LogP contribution in [-0.2, 0) is 0 Å². The van der Waals surface area contributed by atoms with E-state index < -0.39 is 11.6 Å². The van der Waals surface area contributed by atoms with E-state index in [1.54, 1.807) is 0 Å². The molecule has 0 spiro atoms. The molecule has 0 radical (unpaired) electrons. The van der Waals surface area contributed by atoms with Crippen LogP contribution in [0.3, 0.4) is 0 Å². The maximum absolute atomic E-state index is 10.8. The van der Waals surface area contributed by atoms with Crippen molar-refractivity contribution in [1.29, 1.82) is 0 Å². The second-order valence-electron chi connectivity index (χ2n) is 2.39. The molecule has 13 heavy (non-hydrogen) atoms. The number of ether oxygens (including phenoxy) is 1. The monoisotopic (exact) mass is 184 g/mol. The standard InChI is InChI=1S/C8H8O5/c1-4-5(12-2)3-6(9)13-7(4)8(10)11/h3H,1-2H3,(H,10,11). The molecule has 0 saturated carbocycles. The number of carbonyl (C=O) groups is 1. The van der Waals surface area contributed by atoms with Crippen LogP contribution in [0, 0.1) is 6.92 Å². The number of carboxylic acids is 1. The molecule has 0 aliphatic carbocycles. The van der Waals surface area contributed by atoms with E-state index in [1.165, 1.54) is 14.0 Å². The lowest BCUT2D eigenvalue weighted by Gasteiger charge is -2.04. The molecular weight excluding hydrogens is 176 g/mol. The summed E-state index contributed by atoms with van der Waals surface area (Å²) in [5.41, 5.74) is -0.436. The molecule has 0 unspecified atom stereocenters. The Morgan fingerprint density at radius 3 is 2.69 bits per heavy atom. The van der Waals surface area contributed by atoms with Gasteiger partial charge in [0.2, 0.25) is 5.76 Å². The third kappa shape index (κ3) is 1.69. The third-order valence-electron chi connectivity index (χ3n) is 1.58. The molecule has 0 aliphatic heterocycles. The highest BCUT2D eigenvalue weighted by molar-refractivity contribution is 5.86. The fourth-order valence-electron chi connectivity index (χ4n) is 0.950. The van der Waals surface area contributed by atoms with Crippen LogP contribution in [0.15, 0.2) is 15.3 Å². The minimum absolute atomic E-state index is 0.216. The Balaban J connectivity index is 3.44. The van der Waals surface area contributed by atoms with E-state index in [-0.39, 0.29) is 11.5 Å². The van der Waals surface area contributed by atoms with E-state index in [0.29, 0.717) is 5.56 Å². The molecule has 0 aromatic carbocycles. The molecule has 1 heterocycles. The van der Waals surface area contributed by atoms with Gasteiger partial charge in [-0.1, -0.05) is 0 Å². The zero-order valence-electron chi connectivity index (χ0n) is 7.16. The van der Waals surface area contributed by atoms with Gasteiger partial charge in [0.15, 0.2) is 0 Å². The molecule has 0 amide bonds. The first-order chi connectivity index (χ1) is 6.06. The van der Waals surface area contributed by atoms with Crippen molar-refractivity contribution >= 4 is 5.97 Å². The normalized spacial score (nSPS) is 9.69. The average Bonchev–Trinajstić information content (AvgIpc) is 2.08. The van der Waals surface area contributed by atoms with Crippen molar-refractivity contribution in [3.63, 3.8) is 0 Å². The molecule has 5 nitrogen and oxygen atoms in total. The topological polar surface area (TPSA) is 76.7 Å². The predicted molar refractivity (Wildman–Crippen MR) is 43.2 cm³/mol. The van der Waals surface area contributed by atoms with Crippen molar-refractivity contribution in [3.05, 3.63) is 27.8 Å². The third-order valence-corrected chi connectivity index (χ3v) is 1.58. The quantitative estimate of drug-likeness (QED) is 0.730. The molecule has 1 aromatic heterocycles. The van der Waals surface area contributed by atoms with Crippen molar-refractivity contribution in [3.8, 4) is 5.75 Å². The second kappa shape index (κ2) is 3.30. The first-order valence-corrected chi connectivity index (χ1v) is 3.48. The first kappa shape index (κ1) is 9.31. The van der Waals surface area contributed by atoms with Gasteiger partial charge in [0.05, 0.1) is 13.2 Å². The van der Waals surface area contributed by atoms with Crippen molar-refractivity contribution in [1.82, 2.24) is 0 Å². The number of aromatic carboxylic acids is 1. The van der Waals surface area contributed by atoms with Crippen molar-refractivity contribution in [2.75, 3.05) is 7.11 Å². The van der Waals surface area contributed by atoms with Crippen LogP contribution >= 0.6 is 0 Å². The number of hydrogen-bond donors (Lipinski definition) is 1. The summed E-state index contributed by atoms with van der Waals surface area (Å²) in [5, 5.41) is 8.62. The van der Waals surface area contributed by atoms with Crippen LogP contribution in [0.2, 0.25) is 0 Å². The molecule has 1 aromatic rings. The number of hydrogen-bond acceptors (Lipinski definition) is 4. The zero-order valence-corrected chi connectivity index (χ0v) is 7.16. The maximum atomic E-state index is 10.8. The predicted octanol–water partition coefficient (Wildman–Crippen LogP) is 0.655. The van der Waals surface area contributed by atoms with Crippen molar-refractivity contribution in [2.45, 2.75) is 6.92 Å². The fourth-order valence-corrected chi connectivity index (χ4v) is 0.950. The van der Waals surface area contributed by atoms with Crippen LogP contribution in [0.5, 0.6) is 5.75 Å². The summed E-state index contributed by atoms with van der Waals surface area (Å²) in [7, 11) is 1.35. The van der Waals surface area contributed by atoms with E-state index >= 15 is 0 Å². The Hall–Kier alpha value is -1.78. The summed E-state index contributed by atoms with van der Waals surface area (Å²) in [6, 6.07) is 1.10. The summed E-state index contributed by atoms with van der Waals surface area (Å²) >= 11 is 0. The lowest BCUT2D eigenvalue weighted by atomic mass is 10.2. The van der Waals surface area contributed by atoms with Crippen LogP contribution in [0.4, 0.5) is 0 Å². The van der Waals surface area contributed by atoms with Crippen LogP contribution < -0.4 is 10.4 Å². The van der Waals surface area contributed by atoms with E-state index in [1.807, 2.05) is 0 Å². The minimum atomic E-state index is -1.28. The van der Waals surface area contributed by atoms with Crippen LogP contribution in [0.1, 0.15) is 16.1 Å². The van der Waals surface area contributed by atoms with Crippen LogP contribution in [0.25, 0.3) is 0 Å². The summed E-state index contributed by atoms with van der Waals surface area (Å²) in [4.78, 5) is 21.4. The smallest absolute Gasteiger partial charge is 0.372 e. The van der Waals surface area contributed by atoms with Crippen molar-refractivity contribution in [2.24, 2.45) is 0 Å². The van der Waals surface area contributed by atoms with Gasteiger partial charge in [-0.25, -0.2) is 9.59 Å². The summed E-state index contributed by atoms with van der Waals surface area (Å²) in [5.74, 6) is -1.45. The second-order valence-corrected chi connectivity index (χ2v) is 2.39. The Morgan fingerprint density at radius 1 is 1.62 bits per heavy atom. The molecule has 0 fully saturated rings. The zero-order chi connectivity index (χ0) is 10.0.